The predicted molar refractivity (Wildman–Crippen MR) is 140 cm³/mol. The lowest BCUT2D eigenvalue weighted by Gasteiger charge is -2.19. The van der Waals surface area contributed by atoms with E-state index in [1.165, 1.54) is 22.2 Å². The summed E-state index contributed by atoms with van der Waals surface area (Å²) in [6.07, 6.45) is 4.04. The van der Waals surface area contributed by atoms with E-state index in [-0.39, 0.29) is 11.9 Å². The van der Waals surface area contributed by atoms with Gasteiger partial charge in [0.1, 0.15) is 17.2 Å². The van der Waals surface area contributed by atoms with Crippen LogP contribution in [0.2, 0.25) is 0 Å². The summed E-state index contributed by atoms with van der Waals surface area (Å²) >= 11 is 0. The molecule has 1 aliphatic rings. The van der Waals surface area contributed by atoms with Crippen LogP contribution in [0.4, 0.5) is 33.8 Å². The summed E-state index contributed by atoms with van der Waals surface area (Å²) in [5.41, 5.74) is 4.37. The average molecular weight is 490 g/mol. The number of carbonyl (C=O) groups is 2. The van der Waals surface area contributed by atoms with E-state index in [9.17, 15) is 9.59 Å². The summed E-state index contributed by atoms with van der Waals surface area (Å²) in [7, 11) is 1.64. The topological polar surface area (TPSA) is 136 Å². The van der Waals surface area contributed by atoms with Crippen LogP contribution in [0, 0.1) is 0 Å². The van der Waals surface area contributed by atoms with Crippen molar-refractivity contribution in [2.45, 2.75) is 26.8 Å². The third kappa shape index (κ3) is 5.87. The fourth-order valence-corrected chi connectivity index (χ4v) is 3.83. The normalized spacial score (nSPS) is 12.3. The molecule has 2 aromatic heterocycles. The molecule has 0 aliphatic carbocycles. The number of urea groups is 1. The monoisotopic (exact) mass is 489 g/mol. The molecule has 0 fully saturated rings. The number of amides is 3. The number of aromatic nitrogens is 3. The van der Waals surface area contributed by atoms with Gasteiger partial charge in [0.2, 0.25) is 5.95 Å². The zero-order valence-corrected chi connectivity index (χ0v) is 20.7. The Balaban J connectivity index is 1.61. The lowest BCUT2D eigenvalue weighted by molar-refractivity contribution is 0.0956. The smallest absolute Gasteiger partial charge is 0.322 e. The molecule has 3 aromatic rings. The highest BCUT2D eigenvalue weighted by Crippen LogP contribution is 2.25. The van der Waals surface area contributed by atoms with Crippen molar-refractivity contribution in [3.8, 4) is 0 Å². The van der Waals surface area contributed by atoms with E-state index >= 15 is 0 Å². The first kappa shape index (κ1) is 24.9. The van der Waals surface area contributed by atoms with E-state index < -0.39 is 0 Å². The van der Waals surface area contributed by atoms with E-state index in [0.29, 0.717) is 41.9 Å². The van der Waals surface area contributed by atoms with Gasteiger partial charge in [-0.25, -0.2) is 14.8 Å². The van der Waals surface area contributed by atoms with Gasteiger partial charge < -0.3 is 26.6 Å². The fraction of sp³-hybridized carbons (Fsp3) is 0.320. The number of nitrogens with zero attached hydrogens (tertiary/aromatic N) is 4. The van der Waals surface area contributed by atoms with E-state index in [1.807, 2.05) is 19.9 Å². The van der Waals surface area contributed by atoms with Gasteiger partial charge in [-0.2, -0.15) is 4.98 Å². The Morgan fingerprint density at radius 2 is 1.81 bits per heavy atom. The van der Waals surface area contributed by atoms with Crippen molar-refractivity contribution >= 4 is 40.9 Å². The number of fused-ring (bicyclic) bond motifs is 1. The van der Waals surface area contributed by atoms with Gasteiger partial charge in [-0.15, -0.1) is 0 Å². The molecule has 5 N–H and O–H groups in total. The summed E-state index contributed by atoms with van der Waals surface area (Å²) in [6, 6.07) is 9.38. The zero-order chi connectivity index (χ0) is 25.5. The Morgan fingerprint density at radius 3 is 2.61 bits per heavy atom. The number of rotatable bonds is 8. The van der Waals surface area contributed by atoms with Crippen LogP contribution in [0.3, 0.4) is 0 Å². The second kappa shape index (κ2) is 11.5. The summed E-state index contributed by atoms with van der Waals surface area (Å²) in [5, 5.41) is 15.3. The molecule has 0 saturated carbocycles. The van der Waals surface area contributed by atoms with Gasteiger partial charge in [0, 0.05) is 56.5 Å². The van der Waals surface area contributed by atoms with Gasteiger partial charge in [-0.05, 0) is 56.1 Å². The lowest BCUT2D eigenvalue weighted by Crippen LogP contribution is -2.37. The molecule has 11 nitrogen and oxygen atoms in total. The quantitative estimate of drug-likeness (QED) is 0.326. The van der Waals surface area contributed by atoms with Crippen LogP contribution in [0.15, 0.2) is 42.7 Å². The molecular formula is C25H31N9O2. The maximum Gasteiger partial charge on any atom is 0.322 e. The second-order valence-corrected chi connectivity index (χ2v) is 8.27. The Bertz CT molecular complexity index is 1250. The van der Waals surface area contributed by atoms with Gasteiger partial charge in [-0.1, -0.05) is 6.07 Å². The maximum absolute atomic E-state index is 12.7. The number of nitrogens with one attached hydrogen (secondary N) is 5. The highest BCUT2D eigenvalue weighted by molar-refractivity contribution is 5.99. The van der Waals surface area contributed by atoms with E-state index in [1.54, 1.807) is 25.4 Å². The minimum Gasteiger partial charge on any atom is -0.352 e. The van der Waals surface area contributed by atoms with Crippen molar-refractivity contribution in [3.05, 3.63) is 59.4 Å². The number of benzene rings is 1. The minimum atomic E-state index is -0.290. The third-order valence-electron chi connectivity index (χ3n) is 5.70. The first-order valence-corrected chi connectivity index (χ1v) is 12.0. The second-order valence-electron chi connectivity index (χ2n) is 8.27. The number of anilines is 5. The molecule has 36 heavy (non-hydrogen) atoms. The summed E-state index contributed by atoms with van der Waals surface area (Å²) in [5.74, 6) is 0.842. The first-order valence-electron chi connectivity index (χ1n) is 12.0. The van der Waals surface area contributed by atoms with Crippen molar-refractivity contribution in [2.75, 3.05) is 42.2 Å². The van der Waals surface area contributed by atoms with Crippen LogP contribution in [-0.2, 0) is 13.0 Å². The first-order chi connectivity index (χ1) is 17.5. The van der Waals surface area contributed by atoms with Gasteiger partial charge in [0.05, 0.1) is 0 Å². The number of pyridine rings is 1. The maximum atomic E-state index is 12.7. The third-order valence-corrected chi connectivity index (χ3v) is 5.70. The van der Waals surface area contributed by atoms with Gasteiger partial charge in [-0.3, -0.25) is 9.69 Å². The van der Waals surface area contributed by atoms with Crippen LogP contribution in [-0.4, -0.2) is 53.6 Å². The Hall–Kier alpha value is -4.25. The molecule has 1 aliphatic heterocycles. The molecule has 3 amide bonds. The molecule has 0 atom stereocenters. The molecule has 0 saturated heterocycles. The molecule has 1 aromatic carbocycles. The van der Waals surface area contributed by atoms with Crippen molar-refractivity contribution < 1.29 is 9.59 Å². The van der Waals surface area contributed by atoms with Crippen LogP contribution in [0.5, 0.6) is 0 Å². The van der Waals surface area contributed by atoms with Crippen LogP contribution >= 0.6 is 0 Å². The van der Waals surface area contributed by atoms with E-state index in [2.05, 4.69) is 53.7 Å². The molecule has 3 heterocycles. The standard InChI is InChI=1S/C25H31N9O2/c1-4-27-23(35)20-15-30-24(32-18-7-6-17-14-26-10-8-16(17)12-18)33-22(20)31-19-9-11-29-21(13-19)34(3)25(36)28-5-2/h6-7,9,11-13,15,26H,4-5,8,10,14H2,1-3H3,(H,27,35)(H,28,36)(H2,29,30,31,32,33). The highest BCUT2D eigenvalue weighted by Gasteiger charge is 2.17. The van der Waals surface area contributed by atoms with Crippen molar-refractivity contribution in [1.29, 1.82) is 0 Å². The predicted octanol–water partition coefficient (Wildman–Crippen LogP) is 2.92. The largest absolute Gasteiger partial charge is 0.352 e. The van der Waals surface area contributed by atoms with Crippen molar-refractivity contribution in [1.82, 2.24) is 30.9 Å². The Labute approximate surface area is 210 Å². The highest BCUT2D eigenvalue weighted by atomic mass is 16.2. The number of hydrogen-bond donors (Lipinski definition) is 5. The molecule has 0 spiro atoms. The summed E-state index contributed by atoms with van der Waals surface area (Å²) < 4.78 is 0. The summed E-state index contributed by atoms with van der Waals surface area (Å²) in [4.78, 5) is 39.6. The SMILES string of the molecule is CCNC(=O)c1cnc(Nc2ccc3c(c2)CCNC3)nc1Nc1ccnc(N(C)C(=O)NCC)c1. The zero-order valence-electron chi connectivity index (χ0n) is 20.7. The van der Waals surface area contributed by atoms with Crippen LogP contribution < -0.4 is 31.5 Å². The molecule has 4 rings (SSSR count). The van der Waals surface area contributed by atoms with Gasteiger partial charge >= 0.3 is 6.03 Å². The Morgan fingerprint density at radius 1 is 1.00 bits per heavy atom. The molecular weight excluding hydrogens is 458 g/mol. The van der Waals surface area contributed by atoms with Gasteiger partial charge in [0.25, 0.3) is 5.91 Å². The molecule has 0 unspecified atom stereocenters. The van der Waals surface area contributed by atoms with Crippen LogP contribution in [0.1, 0.15) is 35.3 Å². The van der Waals surface area contributed by atoms with E-state index in [4.69, 9.17) is 0 Å². The number of carbonyl (C=O) groups excluding carboxylic acids is 2. The van der Waals surface area contributed by atoms with Crippen molar-refractivity contribution in [2.24, 2.45) is 0 Å². The summed E-state index contributed by atoms with van der Waals surface area (Å²) in [6.45, 7) is 6.49. The molecule has 0 radical (unpaired) electrons. The van der Waals surface area contributed by atoms with Gasteiger partial charge in [0.15, 0.2) is 0 Å². The lowest BCUT2D eigenvalue weighted by atomic mass is 10.0. The average Bonchev–Trinajstić information content (AvgIpc) is 2.89. The minimum absolute atomic E-state index is 0.264. The van der Waals surface area contributed by atoms with E-state index in [0.717, 1.165) is 25.2 Å². The Kier molecular flexibility index (Phi) is 7.91. The van der Waals surface area contributed by atoms with Crippen LogP contribution in [0.25, 0.3) is 0 Å². The molecule has 11 heteroatoms. The number of hydrogen-bond acceptors (Lipinski definition) is 8. The molecule has 188 valence electrons. The van der Waals surface area contributed by atoms with Crippen molar-refractivity contribution in [3.63, 3.8) is 0 Å². The molecule has 0 bridgehead atoms. The fourth-order valence-electron chi connectivity index (χ4n) is 3.83.